The molecule has 6 heteroatoms. The van der Waals surface area contributed by atoms with Crippen molar-refractivity contribution in [1.29, 1.82) is 0 Å². The largest absolute Gasteiger partial charge is 0.457 e. The SMILES string of the molecule is CC(C)CCCCCCCCCCCCCCC(=O)O[C@@H](CO)[C@@H]1OC[C@@H](O)[C@@H]1O. The van der Waals surface area contributed by atoms with E-state index in [4.69, 9.17) is 9.47 Å². The van der Waals surface area contributed by atoms with E-state index < -0.39 is 31.0 Å². The van der Waals surface area contributed by atoms with Crippen LogP contribution < -0.4 is 0 Å². The zero-order valence-corrected chi connectivity index (χ0v) is 19.3. The van der Waals surface area contributed by atoms with Crippen molar-refractivity contribution < 1.29 is 29.6 Å². The van der Waals surface area contributed by atoms with Crippen LogP contribution in [0.4, 0.5) is 0 Å². The molecular formula is C24H46O6. The quantitative estimate of drug-likeness (QED) is 0.223. The van der Waals surface area contributed by atoms with E-state index >= 15 is 0 Å². The first-order chi connectivity index (χ1) is 14.5. The van der Waals surface area contributed by atoms with Crippen LogP contribution in [0, 0.1) is 5.92 Å². The van der Waals surface area contributed by atoms with Crippen LogP contribution in [0.2, 0.25) is 0 Å². The van der Waals surface area contributed by atoms with Crippen LogP contribution in [0.3, 0.4) is 0 Å². The minimum atomic E-state index is -1.14. The van der Waals surface area contributed by atoms with Gasteiger partial charge in [0.1, 0.15) is 18.3 Å². The predicted octanol–water partition coefficient (Wildman–Crippen LogP) is 4.13. The third kappa shape index (κ3) is 12.2. The average Bonchev–Trinajstić information content (AvgIpc) is 3.04. The number of carbonyl (C=O) groups excluding carboxylic acids is 1. The van der Waals surface area contributed by atoms with Crippen molar-refractivity contribution in [1.82, 2.24) is 0 Å². The maximum atomic E-state index is 12.0. The number of rotatable bonds is 18. The summed E-state index contributed by atoms with van der Waals surface area (Å²) in [7, 11) is 0. The molecule has 1 saturated heterocycles. The summed E-state index contributed by atoms with van der Waals surface area (Å²) >= 11 is 0. The van der Waals surface area contributed by atoms with Crippen LogP contribution in [-0.4, -0.2) is 58.9 Å². The first-order valence-corrected chi connectivity index (χ1v) is 12.2. The second-order valence-electron chi connectivity index (χ2n) is 9.24. The Balaban J connectivity index is 1.91. The molecule has 0 spiro atoms. The van der Waals surface area contributed by atoms with Crippen LogP contribution >= 0.6 is 0 Å². The van der Waals surface area contributed by atoms with Crippen molar-refractivity contribution in [3.63, 3.8) is 0 Å². The molecule has 1 heterocycles. The second-order valence-corrected chi connectivity index (χ2v) is 9.24. The Morgan fingerprint density at radius 3 is 1.83 bits per heavy atom. The van der Waals surface area contributed by atoms with Gasteiger partial charge in [0.25, 0.3) is 0 Å². The molecule has 0 aromatic rings. The summed E-state index contributed by atoms with van der Waals surface area (Å²) in [5, 5.41) is 28.7. The van der Waals surface area contributed by atoms with E-state index in [0.29, 0.717) is 6.42 Å². The molecule has 1 rings (SSSR count). The van der Waals surface area contributed by atoms with Crippen molar-refractivity contribution in [2.75, 3.05) is 13.2 Å². The Labute approximate surface area is 183 Å². The number of unbranched alkanes of at least 4 members (excludes halogenated alkanes) is 11. The monoisotopic (exact) mass is 430 g/mol. The van der Waals surface area contributed by atoms with Crippen molar-refractivity contribution in [3.05, 3.63) is 0 Å². The van der Waals surface area contributed by atoms with Crippen molar-refractivity contribution >= 4 is 5.97 Å². The van der Waals surface area contributed by atoms with Gasteiger partial charge in [-0.25, -0.2) is 0 Å². The average molecular weight is 431 g/mol. The van der Waals surface area contributed by atoms with E-state index in [1.165, 1.54) is 64.2 Å². The molecule has 0 radical (unpaired) electrons. The molecule has 6 nitrogen and oxygen atoms in total. The van der Waals surface area contributed by atoms with Gasteiger partial charge in [0.05, 0.1) is 13.2 Å². The van der Waals surface area contributed by atoms with Gasteiger partial charge in [-0.05, 0) is 12.3 Å². The molecule has 3 N–H and O–H groups in total. The number of ether oxygens (including phenoxy) is 2. The Morgan fingerprint density at radius 1 is 0.900 bits per heavy atom. The predicted molar refractivity (Wildman–Crippen MR) is 118 cm³/mol. The lowest BCUT2D eigenvalue weighted by molar-refractivity contribution is -0.162. The van der Waals surface area contributed by atoms with Crippen molar-refractivity contribution in [2.24, 2.45) is 5.92 Å². The minimum Gasteiger partial charge on any atom is -0.457 e. The fraction of sp³-hybridized carbons (Fsp3) is 0.958. The smallest absolute Gasteiger partial charge is 0.306 e. The maximum absolute atomic E-state index is 12.0. The molecule has 4 atom stereocenters. The topological polar surface area (TPSA) is 96.2 Å². The van der Waals surface area contributed by atoms with E-state index in [1.807, 2.05) is 0 Å². The summed E-state index contributed by atoms with van der Waals surface area (Å²) in [5.41, 5.74) is 0. The Hall–Kier alpha value is -0.690. The molecule has 1 aliphatic rings. The zero-order valence-electron chi connectivity index (χ0n) is 19.3. The van der Waals surface area contributed by atoms with Crippen LogP contribution in [0.15, 0.2) is 0 Å². The van der Waals surface area contributed by atoms with Crippen molar-refractivity contribution in [2.45, 2.75) is 128 Å². The third-order valence-electron chi connectivity index (χ3n) is 5.93. The fourth-order valence-corrected chi connectivity index (χ4v) is 3.98. The van der Waals surface area contributed by atoms with E-state index in [-0.39, 0.29) is 12.6 Å². The highest BCUT2D eigenvalue weighted by molar-refractivity contribution is 5.69. The molecule has 1 aliphatic heterocycles. The zero-order chi connectivity index (χ0) is 22.2. The van der Waals surface area contributed by atoms with Gasteiger partial charge in [-0.3, -0.25) is 4.79 Å². The highest BCUT2D eigenvalue weighted by Crippen LogP contribution is 2.20. The van der Waals surface area contributed by atoms with Crippen LogP contribution in [0.5, 0.6) is 0 Å². The van der Waals surface area contributed by atoms with Gasteiger partial charge in [-0.2, -0.15) is 0 Å². The number of esters is 1. The molecule has 0 saturated carbocycles. The summed E-state index contributed by atoms with van der Waals surface area (Å²) < 4.78 is 10.5. The molecule has 0 aromatic carbocycles. The summed E-state index contributed by atoms with van der Waals surface area (Å²) in [6, 6.07) is 0. The highest BCUT2D eigenvalue weighted by Gasteiger charge is 2.41. The molecular weight excluding hydrogens is 384 g/mol. The molecule has 178 valence electrons. The maximum Gasteiger partial charge on any atom is 0.306 e. The molecule has 0 unspecified atom stereocenters. The van der Waals surface area contributed by atoms with E-state index in [1.54, 1.807) is 0 Å². The number of carbonyl (C=O) groups is 1. The standard InChI is InChI=1S/C24H46O6/c1-19(2)15-13-11-9-7-5-3-4-6-8-10-12-14-16-22(27)30-21(17-25)24-23(28)20(26)18-29-24/h19-21,23-26,28H,3-18H2,1-2H3/t20-,21+,23+,24+/m1/s1. The van der Waals surface area contributed by atoms with E-state index in [9.17, 15) is 20.1 Å². The lowest BCUT2D eigenvalue weighted by Crippen LogP contribution is -2.43. The highest BCUT2D eigenvalue weighted by atomic mass is 16.6. The van der Waals surface area contributed by atoms with Gasteiger partial charge >= 0.3 is 5.97 Å². The van der Waals surface area contributed by atoms with E-state index in [0.717, 1.165) is 25.2 Å². The lowest BCUT2D eigenvalue weighted by atomic mass is 10.0. The number of aliphatic hydroxyl groups is 3. The van der Waals surface area contributed by atoms with Gasteiger partial charge in [0.15, 0.2) is 6.10 Å². The fourth-order valence-electron chi connectivity index (χ4n) is 3.98. The van der Waals surface area contributed by atoms with Crippen LogP contribution in [0.25, 0.3) is 0 Å². The summed E-state index contributed by atoms with van der Waals surface area (Å²) in [6.07, 6.45) is 12.6. The van der Waals surface area contributed by atoms with Gasteiger partial charge < -0.3 is 24.8 Å². The van der Waals surface area contributed by atoms with Crippen molar-refractivity contribution in [3.8, 4) is 0 Å². The van der Waals surface area contributed by atoms with Crippen LogP contribution in [-0.2, 0) is 14.3 Å². The number of hydrogen-bond acceptors (Lipinski definition) is 6. The third-order valence-corrected chi connectivity index (χ3v) is 5.93. The Bertz CT molecular complexity index is 428. The Morgan fingerprint density at radius 2 is 1.40 bits per heavy atom. The second kappa shape index (κ2) is 16.9. The normalized spacial score (nSPS) is 22.5. The molecule has 30 heavy (non-hydrogen) atoms. The summed E-state index contributed by atoms with van der Waals surface area (Å²) in [4.78, 5) is 12.0. The summed E-state index contributed by atoms with van der Waals surface area (Å²) in [6.45, 7) is 4.14. The van der Waals surface area contributed by atoms with Gasteiger partial charge in [-0.15, -0.1) is 0 Å². The first kappa shape index (κ1) is 27.3. The van der Waals surface area contributed by atoms with Gasteiger partial charge in [0, 0.05) is 6.42 Å². The number of hydrogen-bond donors (Lipinski definition) is 3. The lowest BCUT2D eigenvalue weighted by Gasteiger charge is -2.24. The van der Waals surface area contributed by atoms with Crippen LogP contribution in [0.1, 0.15) is 104 Å². The Kier molecular flexibility index (Phi) is 15.4. The molecule has 0 bridgehead atoms. The van der Waals surface area contributed by atoms with E-state index in [2.05, 4.69) is 13.8 Å². The van der Waals surface area contributed by atoms with Gasteiger partial charge in [-0.1, -0.05) is 90.9 Å². The molecule has 1 fully saturated rings. The molecule has 0 aliphatic carbocycles. The molecule has 0 amide bonds. The first-order valence-electron chi connectivity index (χ1n) is 12.2. The minimum absolute atomic E-state index is 0.0157. The van der Waals surface area contributed by atoms with Gasteiger partial charge in [0.2, 0.25) is 0 Å². The number of aliphatic hydroxyl groups excluding tert-OH is 3. The summed E-state index contributed by atoms with van der Waals surface area (Å²) in [5.74, 6) is 0.447. The molecule has 0 aromatic heterocycles.